The number of aromatic nitrogens is 3. The Bertz CT molecular complexity index is 2110. The number of halogens is 3. The summed E-state index contributed by atoms with van der Waals surface area (Å²) in [5.74, 6) is -1.55. The van der Waals surface area contributed by atoms with Crippen LogP contribution in [0.25, 0.3) is 33.5 Å². The van der Waals surface area contributed by atoms with Crippen molar-refractivity contribution in [1.82, 2.24) is 35.0 Å². The van der Waals surface area contributed by atoms with Gasteiger partial charge in [0.05, 0.1) is 35.9 Å². The van der Waals surface area contributed by atoms with E-state index in [1.807, 2.05) is 24.3 Å². The number of likely N-dealkylation sites (tertiary alicyclic amines) is 2. The molecule has 0 aliphatic carbocycles. The first kappa shape index (κ1) is 40.4. The van der Waals surface area contributed by atoms with Crippen LogP contribution in [0, 0.1) is 11.7 Å². The summed E-state index contributed by atoms with van der Waals surface area (Å²) in [4.78, 5) is 63.2. The molecule has 2 saturated heterocycles. The van der Waals surface area contributed by atoms with Crippen molar-refractivity contribution in [2.24, 2.45) is 5.92 Å². The fourth-order valence-corrected chi connectivity index (χ4v) is 7.97. The average Bonchev–Trinajstić information content (AvgIpc) is 3.87. The number of nitrogens with one attached hydrogen (secondary N) is 3. The molecule has 0 unspecified atom stereocenters. The molecular weight excluding hydrogens is 731 g/mol. The van der Waals surface area contributed by atoms with Crippen molar-refractivity contribution < 1.29 is 42.2 Å². The molecule has 0 radical (unpaired) electrons. The molecule has 302 valence electrons. The summed E-state index contributed by atoms with van der Waals surface area (Å²) in [5.41, 5.74) is 2.02. The van der Waals surface area contributed by atoms with E-state index in [9.17, 15) is 28.7 Å². The number of fused-ring (bicyclic) bond motifs is 2. The molecule has 6 rings (SSSR count). The van der Waals surface area contributed by atoms with Crippen LogP contribution in [0.15, 0.2) is 42.5 Å². The predicted octanol–water partition coefficient (Wildman–Crippen LogP) is 6.34. The monoisotopic (exact) mass is 781 g/mol. The molecule has 0 spiro atoms. The highest BCUT2D eigenvalue weighted by atomic mass is 19.1. The molecule has 56 heavy (non-hydrogen) atoms. The number of alkyl carbamates (subject to hydrolysis) is 1. The van der Waals surface area contributed by atoms with Gasteiger partial charge in [0.15, 0.2) is 5.82 Å². The lowest BCUT2D eigenvalue weighted by Gasteiger charge is -2.31. The third-order valence-electron chi connectivity index (χ3n) is 10.5. The molecule has 13 nitrogen and oxygen atoms in total. The number of aromatic amines is 1. The Morgan fingerprint density at radius 2 is 1.64 bits per heavy atom. The Labute approximate surface area is 322 Å². The lowest BCUT2D eigenvalue weighted by atomic mass is 9.99. The van der Waals surface area contributed by atoms with Crippen molar-refractivity contribution >= 4 is 45.9 Å². The van der Waals surface area contributed by atoms with Gasteiger partial charge in [-0.05, 0) is 63.3 Å². The number of rotatable bonds is 11. The molecule has 0 saturated carbocycles. The summed E-state index contributed by atoms with van der Waals surface area (Å²) >= 11 is 0. The number of carbonyl (C=O) groups excluding carboxylic acids is 3. The maximum Gasteiger partial charge on any atom is 0.408 e. The zero-order chi connectivity index (χ0) is 40.6. The van der Waals surface area contributed by atoms with E-state index in [1.54, 1.807) is 52.2 Å². The van der Waals surface area contributed by atoms with E-state index in [0.29, 0.717) is 22.6 Å². The number of carboxylic acid groups (broad SMARTS) is 1. The summed E-state index contributed by atoms with van der Waals surface area (Å²) in [5, 5.41) is 15.2. The lowest BCUT2D eigenvalue weighted by Crippen LogP contribution is -2.53. The number of ether oxygens (including phenoxy) is 1. The van der Waals surface area contributed by atoms with Gasteiger partial charge < -0.3 is 39.8 Å². The minimum absolute atomic E-state index is 0.0174. The van der Waals surface area contributed by atoms with Crippen LogP contribution in [0.1, 0.15) is 66.4 Å². The van der Waals surface area contributed by atoms with Crippen LogP contribution in [0.3, 0.4) is 0 Å². The van der Waals surface area contributed by atoms with E-state index in [1.165, 1.54) is 21.9 Å². The number of para-hydroxylation sites is 1. The summed E-state index contributed by atoms with van der Waals surface area (Å²) in [6.07, 6.45) is -4.31. The summed E-state index contributed by atoms with van der Waals surface area (Å²) < 4.78 is 52.4. The fraction of sp³-hybridized carbons (Fsp3) is 0.525. The number of imidazole rings is 1. The number of hydrogen-bond acceptors (Lipinski definition) is 6. The van der Waals surface area contributed by atoms with Gasteiger partial charge in [0.1, 0.15) is 35.8 Å². The molecule has 6 atom stereocenters. The van der Waals surface area contributed by atoms with E-state index < -0.39 is 77.8 Å². The standard InChI is InChI=1S/C40H50F3N7O6/c1-7-29(46-39(55)56-40(4,5)6)36(51)48-18-23(42)14-25(48)17-28-27-10-8-9-11-30(27)44-34(28)35-45-31-16-22(41)12-13-32(31)50(35)20-26-15-24(43)19-49(26)37(52)33(21(2)3)47-38(53)54/h8-13,16,21,23-26,29,33,44,47H,7,14-15,17-20H2,1-6H3,(H,46,55)(H,53,54)/t23-,24-,25-,26-,29-,33-/m0/s1. The molecule has 16 heteroatoms. The van der Waals surface area contributed by atoms with E-state index in [4.69, 9.17) is 9.72 Å². The Kier molecular flexibility index (Phi) is 11.6. The van der Waals surface area contributed by atoms with Gasteiger partial charge in [-0.2, -0.15) is 0 Å². The molecular formula is C40H50F3N7O6. The van der Waals surface area contributed by atoms with Crippen LogP contribution in [0.4, 0.5) is 22.8 Å². The molecule has 4 amide bonds. The predicted molar refractivity (Wildman–Crippen MR) is 204 cm³/mol. The number of H-pyrrole nitrogens is 1. The van der Waals surface area contributed by atoms with Crippen LogP contribution >= 0.6 is 0 Å². The topological polar surface area (TPSA) is 162 Å². The van der Waals surface area contributed by atoms with E-state index >= 15 is 8.78 Å². The highest BCUT2D eigenvalue weighted by molar-refractivity contribution is 5.92. The van der Waals surface area contributed by atoms with Crippen molar-refractivity contribution in [3.63, 3.8) is 0 Å². The molecule has 2 aromatic heterocycles. The smallest absolute Gasteiger partial charge is 0.408 e. The number of benzene rings is 2. The van der Waals surface area contributed by atoms with E-state index in [0.717, 1.165) is 16.5 Å². The molecule has 4 N–H and O–H groups in total. The second-order valence-electron chi connectivity index (χ2n) is 16.1. The number of nitrogens with zero attached hydrogens (tertiary/aromatic N) is 4. The van der Waals surface area contributed by atoms with Crippen molar-refractivity contribution in [1.29, 1.82) is 0 Å². The first-order chi connectivity index (χ1) is 26.4. The number of hydrogen-bond donors (Lipinski definition) is 4. The Morgan fingerprint density at radius 3 is 2.29 bits per heavy atom. The SMILES string of the molecule is CC[C@H](NC(=O)OC(C)(C)C)C(=O)N1C[C@@H](F)C[C@H]1Cc1c(-c2nc3cc(F)ccc3n2C[C@@H]2C[C@H](F)CN2C(=O)[C@@H](NC(=O)O)C(C)C)[nH]c2ccccc12. The quantitative estimate of drug-likeness (QED) is 0.138. The maximum absolute atomic E-state index is 15.3. The largest absolute Gasteiger partial charge is 0.465 e. The first-order valence-corrected chi connectivity index (χ1v) is 19.1. The first-order valence-electron chi connectivity index (χ1n) is 19.1. The van der Waals surface area contributed by atoms with Gasteiger partial charge in [0.25, 0.3) is 0 Å². The minimum atomic E-state index is -1.37. The normalized spacial score (nSPS) is 21.2. The van der Waals surface area contributed by atoms with Crippen molar-refractivity contribution in [3.8, 4) is 11.5 Å². The third kappa shape index (κ3) is 8.58. The Balaban J connectivity index is 1.39. The van der Waals surface area contributed by atoms with Crippen molar-refractivity contribution in [2.45, 2.75) is 116 Å². The second kappa shape index (κ2) is 16.1. The van der Waals surface area contributed by atoms with Crippen LogP contribution < -0.4 is 10.6 Å². The number of carbonyl (C=O) groups is 4. The van der Waals surface area contributed by atoms with Crippen molar-refractivity contribution in [2.75, 3.05) is 13.1 Å². The van der Waals surface area contributed by atoms with Gasteiger partial charge in [-0.1, -0.05) is 39.0 Å². The van der Waals surface area contributed by atoms with Crippen LogP contribution in [-0.4, -0.2) is 109 Å². The van der Waals surface area contributed by atoms with Crippen LogP contribution in [0.2, 0.25) is 0 Å². The van der Waals surface area contributed by atoms with Gasteiger partial charge in [0.2, 0.25) is 11.8 Å². The fourth-order valence-electron chi connectivity index (χ4n) is 7.97. The van der Waals surface area contributed by atoms with Gasteiger partial charge >= 0.3 is 12.2 Å². The highest BCUT2D eigenvalue weighted by Gasteiger charge is 2.42. The third-order valence-corrected chi connectivity index (χ3v) is 10.5. The van der Waals surface area contributed by atoms with E-state index in [-0.39, 0.29) is 45.3 Å². The molecule has 4 aromatic rings. The molecule has 2 aromatic carbocycles. The van der Waals surface area contributed by atoms with Gasteiger partial charge in [-0.15, -0.1) is 0 Å². The molecule has 4 heterocycles. The highest BCUT2D eigenvalue weighted by Crippen LogP contribution is 2.37. The number of amides is 4. The zero-order valence-electron chi connectivity index (χ0n) is 32.4. The maximum atomic E-state index is 15.3. The van der Waals surface area contributed by atoms with Crippen LogP contribution in [0.5, 0.6) is 0 Å². The van der Waals surface area contributed by atoms with Crippen LogP contribution in [-0.2, 0) is 27.3 Å². The van der Waals surface area contributed by atoms with Gasteiger partial charge in [-0.3, -0.25) is 9.59 Å². The summed E-state index contributed by atoms with van der Waals surface area (Å²) in [6.45, 7) is 9.96. The van der Waals surface area contributed by atoms with Gasteiger partial charge in [0, 0.05) is 42.4 Å². The molecule has 2 aliphatic rings. The molecule has 2 aliphatic heterocycles. The summed E-state index contributed by atoms with van der Waals surface area (Å²) in [6, 6.07) is 8.25. The average molecular weight is 782 g/mol. The second-order valence-corrected chi connectivity index (χ2v) is 16.1. The Hall–Kier alpha value is -5.28. The summed E-state index contributed by atoms with van der Waals surface area (Å²) in [7, 11) is 0. The van der Waals surface area contributed by atoms with Crippen molar-refractivity contribution in [3.05, 3.63) is 53.8 Å². The van der Waals surface area contributed by atoms with E-state index in [2.05, 4.69) is 15.6 Å². The van der Waals surface area contributed by atoms with Gasteiger partial charge in [-0.25, -0.2) is 27.7 Å². The zero-order valence-corrected chi connectivity index (χ0v) is 32.4. The number of alkyl halides is 2. The minimum Gasteiger partial charge on any atom is -0.465 e. The lowest BCUT2D eigenvalue weighted by molar-refractivity contribution is -0.136. The Morgan fingerprint density at radius 1 is 0.982 bits per heavy atom. The molecule has 0 bridgehead atoms. The molecule has 2 fully saturated rings.